The van der Waals surface area contributed by atoms with Crippen LogP contribution < -0.4 is 5.32 Å². The van der Waals surface area contributed by atoms with E-state index in [2.05, 4.69) is 5.32 Å². The Morgan fingerprint density at radius 1 is 1.44 bits per heavy atom. The van der Waals surface area contributed by atoms with Crippen LogP contribution in [0.5, 0.6) is 0 Å². The van der Waals surface area contributed by atoms with Gasteiger partial charge in [0.1, 0.15) is 0 Å². The molecule has 1 saturated heterocycles. The Hall–Kier alpha value is -1.35. The maximum atomic E-state index is 11.3. The average Bonchev–Trinajstić information content (AvgIpc) is 2.80. The van der Waals surface area contributed by atoms with Crippen molar-refractivity contribution >= 4 is 5.97 Å². The standard InChI is InChI=1S/C13H17NO2/c15-13(16)12(11-6-7-14-9-11)8-10-4-2-1-3-5-10/h1-5,11-12,14H,6-9H2,(H,15,16). The number of benzene rings is 1. The van der Waals surface area contributed by atoms with Gasteiger partial charge in [0.15, 0.2) is 0 Å². The molecule has 1 aliphatic heterocycles. The highest BCUT2D eigenvalue weighted by Crippen LogP contribution is 2.23. The monoisotopic (exact) mass is 219 g/mol. The van der Waals surface area contributed by atoms with Crippen molar-refractivity contribution in [3.05, 3.63) is 35.9 Å². The van der Waals surface area contributed by atoms with Crippen LogP contribution in [-0.4, -0.2) is 24.2 Å². The van der Waals surface area contributed by atoms with Crippen molar-refractivity contribution in [1.29, 1.82) is 0 Å². The van der Waals surface area contributed by atoms with Crippen LogP contribution in [0, 0.1) is 11.8 Å². The van der Waals surface area contributed by atoms with E-state index in [1.807, 2.05) is 30.3 Å². The fraction of sp³-hybridized carbons (Fsp3) is 0.462. The van der Waals surface area contributed by atoms with Gasteiger partial charge in [0.05, 0.1) is 5.92 Å². The van der Waals surface area contributed by atoms with Gasteiger partial charge in [-0.1, -0.05) is 30.3 Å². The Labute approximate surface area is 95.5 Å². The predicted octanol–water partition coefficient (Wildman–Crippen LogP) is 1.54. The number of hydrogen-bond acceptors (Lipinski definition) is 2. The van der Waals surface area contributed by atoms with E-state index in [0.717, 1.165) is 25.1 Å². The first-order valence-electron chi connectivity index (χ1n) is 5.75. The van der Waals surface area contributed by atoms with E-state index in [0.29, 0.717) is 6.42 Å². The summed E-state index contributed by atoms with van der Waals surface area (Å²) in [6, 6.07) is 9.87. The normalized spacial score (nSPS) is 21.9. The first-order chi connectivity index (χ1) is 7.77. The summed E-state index contributed by atoms with van der Waals surface area (Å²) >= 11 is 0. The molecule has 0 amide bonds. The van der Waals surface area contributed by atoms with Gasteiger partial charge in [0.25, 0.3) is 0 Å². The Kier molecular flexibility index (Phi) is 3.57. The third-order valence-electron chi connectivity index (χ3n) is 3.28. The second-order valence-corrected chi connectivity index (χ2v) is 4.39. The molecule has 1 fully saturated rings. The van der Waals surface area contributed by atoms with E-state index in [1.54, 1.807) is 0 Å². The van der Waals surface area contributed by atoms with Crippen molar-refractivity contribution in [3.8, 4) is 0 Å². The van der Waals surface area contributed by atoms with Gasteiger partial charge in [-0.25, -0.2) is 0 Å². The molecule has 1 aliphatic rings. The van der Waals surface area contributed by atoms with Gasteiger partial charge >= 0.3 is 5.97 Å². The lowest BCUT2D eigenvalue weighted by Crippen LogP contribution is -2.27. The highest BCUT2D eigenvalue weighted by molar-refractivity contribution is 5.71. The Morgan fingerprint density at radius 2 is 2.19 bits per heavy atom. The van der Waals surface area contributed by atoms with Gasteiger partial charge in [0, 0.05) is 0 Å². The van der Waals surface area contributed by atoms with Gasteiger partial charge in [-0.3, -0.25) is 4.79 Å². The number of nitrogens with one attached hydrogen (secondary N) is 1. The van der Waals surface area contributed by atoms with Crippen molar-refractivity contribution in [1.82, 2.24) is 5.32 Å². The quantitative estimate of drug-likeness (QED) is 0.807. The molecular weight excluding hydrogens is 202 g/mol. The summed E-state index contributed by atoms with van der Waals surface area (Å²) in [5.74, 6) is -0.646. The largest absolute Gasteiger partial charge is 0.481 e. The molecule has 0 saturated carbocycles. The molecule has 0 aliphatic carbocycles. The molecule has 3 nitrogen and oxygen atoms in total. The summed E-state index contributed by atoms with van der Waals surface area (Å²) in [7, 11) is 0. The fourth-order valence-electron chi connectivity index (χ4n) is 2.34. The zero-order valence-electron chi connectivity index (χ0n) is 9.23. The molecule has 1 aromatic carbocycles. The maximum Gasteiger partial charge on any atom is 0.307 e. The van der Waals surface area contributed by atoms with E-state index in [1.165, 1.54) is 0 Å². The molecule has 86 valence electrons. The van der Waals surface area contributed by atoms with Crippen LogP contribution in [0.25, 0.3) is 0 Å². The summed E-state index contributed by atoms with van der Waals surface area (Å²) < 4.78 is 0. The van der Waals surface area contributed by atoms with E-state index in [4.69, 9.17) is 0 Å². The Morgan fingerprint density at radius 3 is 2.75 bits per heavy atom. The molecule has 1 aromatic rings. The molecule has 1 heterocycles. The van der Waals surface area contributed by atoms with Gasteiger partial charge < -0.3 is 10.4 Å². The number of carboxylic acids is 1. The van der Waals surface area contributed by atoms with E-state index < -0.39 is 5.97 Å². The lowest BCUT2D eigenvalue weighted by molar-refractivity contribution is -0.143. The highest BCUT2D eigenvalue weighted by atomic mass is 16.4. The van der Waals surface area contributed by atoms with Gasteiger partial charge in [-0.05, 0) is 37.4 Å². The van der Waals surface area contributed by atoms with Crippen LogP contribution in [0.3, 0.4) is 0 Å². The zero-order valence-corrected chi connectivity index (χ0v) is 9.23. The van der Waals surface area contributed by atoms with Crippen LogP contribution >= 0.6 is 0 Å². The molecule has 16 heavy (non-hydrogen) atoms. The average molecular weight is 219 g/mol. The first-order valence-corrected chi connectivity index (χ1v) is 5.75. The summed E-state index contributed by atoms with van der Waals surface area (Å²) in [6.45, 7) is 1.78. The van der Waals surface area contributed by atoms with Crippen LogP contribution in [0.4, 0.5) is 0 Å². The minimum Gasteiger partial charge on any atom is -0.481 e. The van der Waals surface area contributed by atoms with E-state index in [-0.39, 0.29) is 11.8 Å². The topological polar surface area (TPSA) is 49.3 Å². The summed E-state index contributed by atoms with van der Waals surface area (Å²) in [6.07, 6.45) is 1.62. The van der Waals surface area contributed by atoms with Crippen LogP contribution in [-0.2, 0) is 11.2 Å². The number of carboxylic acid groups (broad SMARTS) is 1. The summed E-state index contributed by atoms with van der Waals surface area (Å²) in [5, 5.41) is 12.5. The Bertz CT molecular complexity index is 344. The van der Waals surface area contributed by atoms with Crippen molar-refractivity contribution in [2.75, 3.05) is 13.1 Å². The molecule has 0 spiro atoms. The number of rotatable bonds is 4. The third kappa shape index (κ3) is 2.61. The molecule has 3 heteroatoms. The van der Waals surface area contributed by atoms with Crippen molar-refractivity contribution < 1.29 is 9.90 Å². The minimum absolute atomic E-state index is 0.252. The maximum absolute atomic E-state index is 11.3. The summed E-state index contributed by atoms with van der Waals surface area (Å²) in [4.78, 5) is 11.3. The second kappa shape index (κ2) is 5.12. The highest BCUT2D eigenvalue weighted by Gasteiger charge is 2.30. The lowest BCUT2D eigenvalue weighted by atomic mass is 9.86. The van der Waals surface area contributed by atoms with Gasteiger partial charge in [-0.15, -0.1) is 0 Å². The van der Waals surface area contributed by atoms with E-state index >= 15 is 0 Å². The molecule has 2 N–H and O–H groups in total. The molecule has 0 bridgehead atoms. The Balaban J connectivity index is 2.05. The predicted molar refractivity (Wildman–Crippen MR) is 62.2 cm³/mol. The molecule has 2 unspecified atom stereocenters. The SMILES string of the molecule is O=C(O)C(Cc1ccccc1)C1CCNC1. The minimum atomic E-state index is -0.669. The number of hydrogen-bond donors (Lipinski definition) is 2. The van der Waals surface area contributed by atoms with Crippen molar-refractivity contribution in [2.24, 2.45) is 11.8 Å². The lowest BCUT2D eigenvalue weighted by Gasteiger charge is -2.18. The zero-order chi connectivity index (χ0) is 11.4. The smallest absolute Gasteiger partial charge is 0.307 e. The second-order valence-electron chi connectivity index (χ2n) is 4.39. The van der Waals surface area contributed by atoms with Crippen LogP contribution in [0.15, 0.2) is 30.3 Å². The van der Waals surface area contributed by atoms with Crippen molar-refractivity contribution in [3.63, 3.8) is 0 Å². The van der Waals surface area contributed by atoms with E-state index in [9.17, 15) is 9.90 Å². The molecule has 0 aromatic heterocycles. The number of aliphatic carboxylic acids is 1. The van der Waals surface area contributed by atoms with Gasteiger partial charge in [-0.2, -0.15) is 0 Å². The third-order valence-corrected chi connectivity index (χ3v) is 3.28. The van der Waals surface area contributed by atoms with Crippen molar-refractivity contribution in [2.45, 2.75) is 12.8 Å². The molecular formula is C13H17NO2. The number of carbonyl (C=O) groups is 1. The molecule has 2 atom stereocenters. The fourth-order valence-corrected chi connectivity index (χ4v) is 2.34. The van der Waals surface area contributed by atoms with Crippen LogP contribution in [0.2, 0.25) is 0 Å². The molecule has 2 rings (SSSR count). The molecule has 0 radical (unpaired) electrons. The summed E-state index contributed by atoms with van der Waals surface area (Å²) in [5.41, 5.74) is 1.11. The first kappa shape index (κ1) is 11.1. The van der Waals surface area contributed by atoms with Gasteiger partial charge in [0.2, 0.25) is 0 Å². The van der Waals surface area contributed by atoms with Crippen LogP contribution in [0.1, 0.15) is 12.0 Å².